The molecule has 3 aromatic carbocycles. The zero-order valence-corrected chi connectivity index (χ0v) is 16.9. The molecule has 32 heavy (non-hydrogen) atoms. The van der Waals surface area contributed by atoms with Gasteiger partial charge in [0.15, 0.2) is 0 Å². The Bertz CT molecular complexity index is 2040. The lowest BCUT2D eigenvalue weighted by Crippen LogP contribution is -1.82. The van der Waals surface area contributed by atoms with Crippen molar-refractivity contribution in [2.24, 2.45) is 0 Å². The highest BCUT2D eigenvalue weighted by molar-refractivity contribution is 6.28. The first-order valence-corrected chi connectivity index (χ1v) is 10.8. The van der Waals surface area contributed by atoms with Gasteiger partial charge in [-0.1, -0.05) is 36.4 Å². The van der Waals surface area contributed by atoms with Gasteiger partial charge in [0.1, 0.15) is 0 Å². The highest BCUT2D eigenvalue weighted by atomic mass is 14.9. The molecule has 9 rings (SSSR count). The standard InChI is InChI=1S/C28H14N4/c1-3-7-23-15(5-1)19-11-29-13-21-17-10-26-18(9-25(17)31(23)27(19)21)22-14-30-12-20-16-6-2-4-8-24(16)32(26)28(20)22/h1-14H. The predicted molar refractivity (Wildman–Crippen MR) is 131 cm³/mol. The molecule has 0 atom stereocenters. The molecule has 0 saturated carbocycles. The van der Waals surface area contributed by atoms with Crippen LogP contribution in [0, 0.1) is 0 Å². The highest BCUT2D eigenvalue weighted by Gasteiger charge is 2.22. The van der Waals surface area contributed by atoms with Gasteiger partial charge in [0.25, 0.3) is 0 Å². The third-order valence-electron chi connectivity index (χ3n) is 7.33. The third-order valence-corrected chi connectivity index (χ3v) is 7.33. The lowest BCUT2D eigenvalue weighted by Gasteiger charge is -2.01. The molecule has 0 aliphatic carbocycles. The second-order valence-electron chi connectivity index (χ2n) is 8.76. The van der Waals surface area contributed by atoms with Crippen molar-refractivity contribution in [2.75, 3.05) is 0 Å². The number of fused-ring (bicyclic) bond motifs is 12. The lowest BCUT2D eigenvalue weighted by molar-refractivity contribution is 1.35. The summed E-state index contributed by atoms with van der Waals surface area (Å²) in [5.74, 6) is 0. The van der Waals surface area contributed by atoms with Crippen LogP contribution in [0.2, 0.25) is 0 Å². The number of rotatable bonds is 0. The molecular formula is C28H14N4. The van der Waals surface area contributed by atoms with Crippen LogP contribution in [-0.2, 0) is 0 Å². The van der Waals surface area contributed by atoms with Crippen LogP contribution in [0.4, 0.5) is 0 Å². The van der Waals surface area contributed by atoms with Crippen LogP contribution in [0.1, 0.15) is 0 Å². The topological polar surface area (TPSA) is 34.6 Å². The van der Waals surface area contributed by atoms with Crippen LogP contribution in [-0.4, -0.2) is 18.8 Å². The maximum atomic E-state index is 4.62. The first kappa shape index (κ1) is 15.4. The number of nitrogens with zero attached hydrogens (tertiary/aromatic N) is 4. The fraction of sp³-hybridized carbons (Fsp3) is 0. The van der Waals surface area contributed by atoms with Crippen LogP contribution in [0.3, 0.4) is 0 Å². The zero-order chi connectivity index (χ0) is 20.6. The van der Waals surface area contributed by atoms with Crippen molar-refractivity contribution in [2.45, 2.75) is 0 Å². The smallest absolute Gasteiger partial charge is 0.0651 e. The molecule has 4 nitrogen and oxygen atoms in total. The minimum atomic E-state index is 1.21. The summed E-state index contributed by atoms with van der Waals surface area (Å²) in [5, 5.41) is 9.84. The van der Waals surface area contributed by atoms with Crippen molar-refractivity contribution in [1.82, 2.24) is 18.8 Å². The van der Waals surface area contributed by atoms with Crippen molar-refractivity contribution in [1.29, 1.82) is 0 Å². The Labute approximate surface area is 180 Å². The fourth-order valence-electron chi connectivity index (χ4n) is 6.09. The molecule has 146 valence electrons. The van der Waals surface area contributed by atoms with Gasteiger partial charge in [-0.15, -0.1) is 0 Å². The summed E-state index contributed by atoms with van der Waals surface area (Å²) >= 11 is 0. The van der Waals surface area contributed by atoms with Gasteiger partial charge >= 0.3 is 0 Å². The number of benzene rings is 3. The van der Waals surface area contributed by atoms with Crippen LogP contribution in [0.25, 0.3) is 76.2 Å². The van der Waals surface area contributed by atoms with Gasteiger partial charge in [-0.25, -0.2) is 0 Å². The fourth-order valence-corrected chi connectivity index (χ4v) is 6.09. The Kier molecular flexibility index (Phi) is 2.35. The summed E-state index contributed by atoms with van der Waals surface area (Å²) in [5.41, 5.74) is 7.43. The molecule has 0 N–H and O–H groups in total. The molecule has 6 heterocycles. The summed E-state index contributed by atoms with van der Waals surface area (Å²) in [7, 11) is 0. The summed E-state index contributed by atoms with van der Waals surface area (Å²) in [6.07, 6.45) is 8.03. The Morgan fingerprint density at radius 2 is 0.812 bits per heavy atom. The van der Waals surface area contributed by atoms with E-state index in [-0.39, 0.29) is 0 Å². The van der Waals surface area contributed by atoms with Gasteiger partial charge in [0, 0.05) is 67.9 Å². The van der Waals surface area contributed by atoms with Gasteiger partial charge in [-0.2, -0.15) is 0 Å². The molecule has 6 aromatic heterocycles. The lowest BCUT2D eigenvalue weighted by atomic mass is 10.1. The van der Waals surface area contributed by atoms with E-state index in [4.69, 9.17) is 0 Å². The molecule has 0 radical (unpaired) electrons. The Morgan fingerprint density at radius 3 is 1.28 bits per heavy atom. The first-order chi connectivity index (χ1) is 15.9. The summed E-state index contributed by atoms with van der Waals surface area (Å²) in [6.45, 7) is 0. The summed E-state index contributed by atoms with van der Waals surface area (Å²) in [6, 6.07) is 22.0. The molecule has 0 saturated heterocycles. The number of para-hydroxylation sites is 2. The average Bonchev–Trinajstić information content (AvgIpc) is 3.56. The van der Waals surface area contributed by atoms with E-state index in [9.17, 15) is 0 Å². The minimum absolute atomic E-state index is 1.21. The van der Waals surface area contributed by atoms with Crippen molar-refractivity contribution in [3.63, 3.8) is 0 Å². The van der Waals surface area contributed by atoms with E-state index < -0.39 is 0 Å². The maximum Gasteiger partial charge on any atom is 0.0651 e. The Hall–Kier alpha value is -4.44. The van der Waals surface area contributed by atoms with E-state index in [1.807, 2.05) is 24.8 Å². The molecule has 0 aliphatic rings. The number of aromatic nitrogens is 4. The number of hydrogen-bond donors (Lipinski definition) is 0. The van der Waals surface area contributed by atoms with E-state index in [1.54, 1.807) is 0 Å². The van der Waals surface area contributed by atoms with E-state index in [0.29, 0.717) is 0 Å². The van der Waals surface area contributed by atoms with Gasteiger partial charge < -0.3 is 8.80 Å². The van der Waals surface area contributed by atoms with E-state index in [0.717, 1.165) is 0 Å². The van der Waals surface area contributed by atoms with Gasteiger partial charge in [-0.05, 0) is 24.3 Å². The highest BCUT2D eigenvalue weighted by Crippen LogP contribution is 2.43. The van der Waals surface area contributed by atoms with Crippen molar-refractivity contribution >= 4 is 76.2 Å². The molecular weight excluding hydrogens is 392 g/mol. The molecule has 4 heteroatoms. The minimum Gasteiger partial charge on any atom is -0.308 e. The maximum absolute atomic E-state index is 4.62. The van der Waals surface area contributed by atoms with E-state index >= 15 is 0 Å². The SMILES string of the molecule is c1ccc2c(c1)c1cncc3c4cc5c(cc4n2c13)c1cncc2c3ccccc3n5c21. The second-order valence-corrected chi connectivity index (χ2v) is 8.76. The summed E-state index contributed by atoms with van der Waals surface area (Å²) in [4.78, 5) is 9.24. The van der Waals surface area contributed by atoms with Gasteiger partial charge in [0.2, 0.25) is 0 Å². The molecule has 0 fully saturated rings. The summed E-state index contributed by atoms with van der Waals surface area (Å²) < 4.78 is 4.83. The second kappa shape index (κ2) is 4.89. The van der Waals surface area contributed by atoms with Crippen molar-refractivity contribution in [3.8, 4) is 0 Å². The molecule has 0 unspecified atom stereocenters. The van der Waals surface area contributed by atoms with Crippen LogP contribution < -0.4 is 0 Å². The zero-order valence-electron chi connectivity index (χ0n) is 16.9. The largest absolute Gasteiger partial charge is 0.308 e. The van der Waals surface area contributed by atoms with Gasteiger partial charge in [-0.3, -0.25) is 9.97 Å². The normalized spacial score (nSPS) is 13.0. The Morgan fingerprint density at radius 1 is 0.406 bits per heavy atom. The quantitative estimate of drug-likeness (QED) is 0.278. The molecule has 0 aliphatic heterocycles. The average molecular weight is 406 g/mol. The Balaban J connectivity index is 1.63. The first-order valence-electron chi connectivity index (χ1n) is 10.8. The number of pyridine rings is 2. The predicted octanol–water partition coefficient (Wildman–Crippen LogP) is 6.78. The molecule has 0 amide bonds. The van der Waals surface area contributed by atoms with E-state index in [2.05, 4.69) is 79.4 Å². The molecule has 0 bridgehead atoms. The molecule has 9 aromatic rings. The van der Waals surface area contributed by atoms with Gasteiger partial charge in [0.05, 0.1) is 33.1 Å². The number of hydrogen-bond acceptors (Lipinski definition) is 2. The monoisotopic (exact) mass is 406 g/mol. The van der Waals surface area contributed by atoms with Crippen molar-refractivity contribution in [3.05, 3.63) is 85.5 Å². The molecule has 0 spiro atoms. The van der Waals surface area contributed by atoms with Crippen LogP contribution in [0.5, 0.6) is 0 Å². The van der Waals surface area contributed by atoms with Crippen LogP contribution >= 0.6 is 0 Å². The van der Waals surface area contributed by atoms with Crippen molar-refractivity contribution < 1.29 is 0 Å². The third kappa shape index (κ3) is 1.49. The van der Waals surface area contributed by atoms with Crippen LogP contribution in [0.15, 0.2) is 85.5 Å². The van der Waals surface area contributed by atoms with E-state index in [1.165, 1.54) is 76.2 Å².